The van der Waals surface area contributed by atoms with Crippen molar-refractivity contribution in [2.24, 2.45) is 0 Å². The Morgan fingerprint density at radius 1 is 0.947 bits per heavy atom. The van der Waals surface area contributed by atoms with E-state index in [-0.39, 0.29) is 5.69 Å². The van der Waals surface area contributed by atoms with Gasteiger partial charge >= 0.3 is 0 Å². The summed E-state index contributed by atoms with van der Waals surface area (Å²) in [5.41, 5.74) is 0.00877. The van der Waals surface area contributed by atoms with Crippen molar-refractivity contribution >= 4 is 24.6 Å². The Kier molecular flexibility index (Phi) is 4.49. The average molecular weight is 295 g/mol. The first-order valence-electron chi connectivity index (χ1n) is 5.34. The number of hydrogen-bond acceptors (Lipinski definition) is 5. The molecule has 0 fully saturated rings. The molecule has 1 unspecified atom stereocenters. The van der Waals surface area contributed by atoms with Gasteiger partial charge in [0.25, 0.3) is 12.8 Å². The maximum absolute atomic E-state index is 10.5. The molecular formula is C12H10NO4PS. The summed E-state index contributed by atoms with van der Waals surface area (Å²) in [5.74, 6) is 1.11. The van der Waals surface area contributed by atoms with Crippen LogP contribution in [0.5, 0.6) is 11.5 Å². The van der Waals surface area contributed by atoms with Gasteiger partial charge < -0.3 is 9.05 Å². The summed E-state index contributed by atoms with van der Waals surface area (Å²) in [4.78, 5) is 10.0. The van der Waals surface area contributed by atoms with Crippen molar-refractivity contribution in [1.29, 1.82) is 0 Å². The molecular weight excluding hydrogens is 285 g/mol. The molecule has 2 aromatic rings. The molecule has 1 atom stereocenters. The van der Waals surface area contributed by atoms with E-state index >= 15 is 0 Å². The molecule has 2 rings (SSSR count). The molecule has 2 aromatic carbocycles. The fourth-order valence-electron chi connectivity index (χ4n) is 1.34. The summed E-state index contributed by atoms with van der Waals surface area (Å²) >= 11 is 5.11. The summed E-state index contributed by atoms with van der Waals surface area (Å²) in [6.45, 7) is 0. The Bertz CT molecular complexity index is 588. The minimum Gasteiger partial charge on any atom is -0.437 e. The minimum atomic E-state index is -1.91. The molecule has 19 heavy (non-hydrogen) atoms. The number of nitrogens with zero attached hydrogens (tertiary/aromatic N) is 1. The fraction of sp³-hybridized carbons (Fsp3) is 0. The summed E-state index contributed by atoms with van der Waals surface area (Å²) in [6, 6.07) is 14.9. The topological polar surface area (TPSA) is 61.6 Å². The van der Waals surface area contributed by atoms with E-state index in [4.69, 9.17) is 20.9 Å². The van der Waals surface area contributed by atoms with Crippen LogP contribution in [-0.4, -0.2) is 4.92 Å². The molecule has 0 aliphatic carbocycles. The lowest BCUT2D eigenvalue weighted by atomic mass is 10.3. The van der Waals surface area contributed by atoms with Crippen LogP contribution in [0.4, 0.5) is 5.69 Å². The second-order valence-electron chi connectivity index (χ2n) is 3.52. The first kappa shape index (κ1) is 13.5. The molecule has 0 aliphatic heterocycles. The maximum Gasteiger partial charge on any atom is 0.275 e. The highest BCUT2D eigenvalue weighted by atomic mass is 32.4. The number of rotatable bonds is 5. The van der Waals surface area contributed by atoms with Crippen LogP contribution >= 0.6 is 7.15 Å². The van der Waals surface area contributed by atoms with E-state index in [1.54, 1.807) is 12.1 Å². The van der Waals surface area contributed by atoms with Gasteiger partial charge in [0, 0.05) is 12.1 Å². The molecule has 0 spiro atoms. The van der Waals surface area contributed by atoms with Gasteiger partial charge in [-0.3, -0.25) is 10.1 Å². The first-order valence-corrected chi connectivity index (χ1v) is 7.79. The lowest BCUT2D eigenvalue weighted by molar-refractivity contribution is -0.384. The Hall–Kier alpha value is -1.91. The van der Waals surface area contributed by atoms with Crippen LogP contribution in [0.3, 0.4) is 0 Å². The lowest BCUT2D eigenvalue weighted by Gasteiger charge is -2.10. The zero-order valence-corrected chi connectivity index (χ0v) is 11.5. The van der Waals surface area contributed by atoms with Gasteiger partial charge in [-0.05, 0) is 36.1 Å². The van der Waals surface area contributed by atoms with E-state index in [0.717, 1.165) is 0 Å². The predicted octanol–water partition coefficient (Wildman–Crippen LogP) is 3.56. The molecule has 0 radical (unpaired) electrons. The zero-order valence-electron chi connectivity index (χ0n) is 9.68. The molecule has 0 saturated carbocycles. The number of nitro groups is 1. The second-order valence-corrected chi connectivity index (χ2v) is 5.43. The summed E-state index contributed by atoms with van der Waals surface area (Å²) in [7, 11) is -1.91. The van der Waals surface area contributed by atoms with E-state index in [2.05, 4.69) is 0 Å². The fourth-order valence-corrected chi connectivity index (χ4v) is 2.61. The van der Waals surface area contributed by atoms with Gasteiger partial charge in [-0.15, -0.1) is 0 Å². The summed E-state index contributed by atoms with van der Waals surface area (Å²) in [5, 5.41) is 10.5. The van der Waals surface area contributed by atoms with Crippen LogP contribution in [0, 0.1) is 10.1 Å². The Labute approximate surface area is 115 Å². The number of non-ortho nitro benzene ring substituents is 1. The quantitative estimate of drug-likeness (QED) is 0.479. The van der Waals surface area contributed by atoms with Crippen LogP contribution < -0.4 is 9.05 Å². The van der Waals surface area contributed by atoms with Gasteiger partial charge in [0.05, 0.1) is 4.92 Å². The van der Waals surface area contributed by atoms with Gasteiger partial charge in [0.15, 0.2) is 0 Å². The molecule has 0 amide bonds. The van der Waals surface area contributed by atoms with Crippen molar-refractivity contribution < 1.29 is 14.0 Å². The highest BCUT2D eigenvalue weighted by Gasteiger charge is 2.06. The lowest BCUT2D eigenvalue weighted by Crippen LogP contribution is -1.90. The summed E-state index contributed by atoms with van der Waals surface area (Å²) < 4.78 is 10.9. The SMILES string of the molecule is O=[N+]([O-])c1ccc(O[PH](=S)Oc2ccccc2)cc1. The molecule has 0 aromatic heterocycles. The third kappa shape index (κ3) is 4.05. The van der Waals surface area contributed by atoms with Crippen molar-refractivity contribution in [3.05, 3.63) is 64.7 Å². The molecule has 5 nitrogen and oxygen atoms in total. The summed E-state index contributed by atoms with van der Waals surface area (Å²) in [6.07, 6.45) is 0. The molecule has 0 N–H and O–H groups in total. The van der Waals surface area contributed by atoms with Crippen molar-refractivity contribution in [2.75, 3.05) is 0 Å². The van der Waals surface area contributed by atoms with Gasteiger partial charge in [-0.1, -0.05) is 18.2 Å². The van der Waals surface area contributed by atoms with Gasteiger partial charge in [-0.2, -0.15) is 0 Å². The van der Waals surface area contributed by atoms with Crippen molar-refractivity contribution in [3.63, 3.8) is 0 Å². The number of nitro benzene ring substituents is 1. The average Bonchev–Trinajstić information content (AvgIpc) is 2.40. The third-order valence-electron chi connectivity index (χ3n) is 2.19. The number of para-hydroxylation sites is 1. The minimum absolute atomic E-state index is 0.00877. The largest absolute Gasteiger partial charge is 0.437 e. The van der Waals surface area contributed by atoms with Crippen LogP contribution in [0.15, 0.2) is 54.6 Å². The molecule has 0 heterocycles. The molecule has 98 valence electrons. The Morgan fingerprint density at radius 2 is 1.47 bits per heavy atom. The molecule has 0 saturated heterocycles. The van der Waals surface area contributed by atoms with E-state index in [1.165, 1.54) is 24.3 Å². The van der Waals surface area contributed by atoms with Crippen molar-refractivity contribution in [2.45, 2.75) is 0 Å². The molecule has 0 bridgehead atoms. The number of benzene rings is 2. The van der Waals surface area contributed by atoms with E-state index in [1.807, 2.05) is 18.2 Å². The standard InChI is InChI=1S/C12H10NO4PS/c14-13(15)10-6-8-12(9-7-10)17-18(19)16-11-4-2-1-3-5-11/h1-9,18H. The molecule has 0 aliphatic rings. The van der Waals surface area contributed by atoms with E-state index in [0.29, 0.717) is 11.5 Å². The van der Waals surface area contributed by atoms with Crippen LogP contribution in [-0.2, 0) is 11.8 Å². The highest BCUT2D eigenvalue weighted by molar-refractivity contribution is 8.01. The highest BCUT2D eigenvalue weighted by Crippen LogP contribution is 2.31. The number of hydrogen-bond donors (Lipinski definition) is 0. The first-order chi connectivity index (χ1) is 9.15. The Morgan fingerprint density at radius 3 is 2.00 bits per heavy atom. The van der Waals surface area contributed by atoms with Gasteiger partial charge in [0.1, 0.15) is 11.5 Å². The normalized spacial score (nSPS) is 11.6. The van der Waals surface area contributed by atoms with Crippen LogP contribution in [0.1, 0.15) is 0 Å². The van der Waals surface area contributed by atoms with Crippen molar-refractivity contribution in [1.82, 2.24) is 0 Å². The third-order valence-corrected chi connectivity index (χ3v) is 3.50. The smallest absolute Gasteiger partial charge is 0.275 e. The maximum atomic E-state index is 10.5. The van der Waals surface area contributed by atoms with Gasteiger partial charge in [0.2, 0.25) is 0 Å². The monoisotopic (exact) mass is 295 g/mol. The van der Waals surface area contributed by atoms with Crippen LogP contribution in [0.25, 0.3) is 0 Å². The second kappa shape index (κ2) is 6.31. The van der Waals surface area contributed by atoms with E-state index < -0.39 is 12.1 Å². The Balaban J connectivity index is 1.97. The zero-order chi connectivity index (χ0) is 13.7. The molecule has 7 heteroatoms. The predicted molar refractivity (Wildman–Crippen MR) is 76.5 cm³/mol. The van der Waals surface area contributed by atoms with Crippen LogP contribution in [0.2, 0.25) is 0 Å². The van der Waals surface area contributed by atoms with Crippen molar-refractivity contribution in [3.8, 4) is 11.5 Å². The van der Waals surface area contributed by atoms with Gasteiger partial charge in [-0.25, -0.2) is 0 Å². The van der Waals surface area contributed by atoms with E-state index in [9.17, 15) is 10.1 Å².